The monoisotopic (exact) mass is 280 g/mol. The summed E-state index contributed by atoms with van der Waals surface area (Å²) in [4.78, 5) is 24.6. The smallest absolute Gasteiger partial charge is 0.340 e. The average molecular weight is 280 g/mol. The lowest BCUT2D eigenvalue weighted by molar-refractivity contribution is -0.128. The number of halogens is 1. The van der Waals surface area contributed by atoms with E-state index in [0.717, 1.165) is 13.0 Å². The number of nitrogens with one attached hydrogen (secondary N) is 1. The summed E-state index contributed by atoms with van der Waals surface area (Å²) in [5, 5.41) is 3.09. The second-order valence-electron chi connectivity index (χ2n) is 4.79. The lowest BCUT2D eigenvalue weighted by atomic mass is 10.1. The van der Waals surface area contributed by atoms with Crippen molar-refractivity contribution in [1.29, 1.82) is 0 Å². The summed E-state index contributed by atoms with van der Waals surface area (Å²) in [6, 6.07) is 4.10. The van der Waals surface area contributed by atoms with Crippen LogP contribution in [0.1, 0.15) is 22.3 Å². The summed E-state index contributed by atoms with van der Waals surface area (Å²) in [5.41, 5.74) is 0.588. The highest BCUT2D eigenvalue weighted by Crippen LogP contribution is 2.13. The van der Waals surface area contributed by atoms with Gasteiger partial charge in [-0.3, -0.25) is 4.79 Å². The first-order valence-electron chi connectivity index (χ1n) is 6.38. The summed E-state index contributed by atoms with van der Waals surface area (Å²) < 4.78 is 18.2. The molecular weight excluding hydrogens is 263 g/mol. The molecule has 1 aliphatic heterocycles. The van der Waals surface area contributed by atoms with Gasteiger partial charge in [0.1, 0.15) is 5.82 Å². The highest BCUT2D eigenvalue weighted by Gasteiger charge is 2.28. The Hall–Kier alpha value is -1.95. The van der Waals surface area contributed by atoms with E-state index < -0.39 is 11.8 Å². The van der Waals surface area contributed by atoms with Gasteiger partial charge >= 0.3 is 5.97 Å². The van der Waals surface area contributed by atoms with Gasteiger partial charge in [0.25, 0.3) is 0 Å². The van der Waals surface area contributed by atoms with Crippen LogP contribution in [0.25, 0.3) is 0 Å². The number of hydrogen-bond acceptors (Lipinski definition) is 4. The molecular formula is C14H17FN2O3. The fraction of sp³-hybridized carbons (Fsp3) is 0.429. The SMILES string of the molecule is COC(=O)c1ccc(CNC2CCN(C)C2=O)cc1F. The molecule has 1 N–H and O–H groups in total. The minimum absolute atomic E-state index is 0.0525. The van der Waals surface area contributed by atoms with Gasteiger partial charge in [-0.25, -0.2) is 9.18 Å². The third-order valence-corrected chi connectivity index (χ3v) is 3.42. The summed E-state index contributed by atoms with van der Waals surface area (Å²) in [6.45, 7) is 1.11. The topological polar surface area (TPSA) is 58.6 Å². The van der Waals surface area contributed by atoms with Crippen LogP contribution in [0, 0.1) is 5.82 Å². The van der Waals surface area contributed by atoms with Crippen LogP contribution in [-0.2, 0) is 16.1 Å². The summed E-state index contributed by atoms with van der Waals surface area (Å²) in [6.07, 6.45) is 0.748. The van der Waals surface area contributed by atoms with E-state index in [0.29, 0.717) is 12.1 Å². The number of methoxy groups -OCH3 is 1. The van der Waals surface area contributed by atoms with E-state index in [1.165, 1.54) is 19.2 Å². The van der Waals surface area contributed by atoms with Gasteiger partial charge in [0.05, 0.1) is 18.7 Å². The third-order valence-electron chi connectivity index (χ3n) is 3.42. The predicted molar refractivity (Wildman–Crippen MR) is 70.6 cm³/mol. The predicted octanol–water partition coefficient (Wildman–Crippen LogP) is 0.933. The molecule has 0 spiro atoms. The van der Waals surface area contributed by atoms with Crippen molar-refractivity contribution in [3.8, 4) is 0 Å². The van der Waals surface area contributed by atoms with Gasteiger partial charge < -0.3 is 15.0 Å². The number of likely N-dealkylation sites (N-methyl/N-ethyl adjacent to an activating group) is 1. The molecule has 1 aliphatic rings. The Balaban J connectivity index is 1.99. The molecule has 1 fully saturated rings. The van der Waals surface area contributed by atoms with Crippen molar-refractivity contribution >= 4 is 11.9 Å². The summed E-state index contributed by atoms with van der Waals surface area (Å²) >= 11 is 0. The molecule has 1 unspecified atom stereocenters. The van der Waals surface area contributed by atoms with Crippen LogP contribution in [0.15, 0.2) is 18.2 Å². The lowest BCUT2D eigenvalue weighted by Gasteiger charge is -2.12. The van der Waals surface area contributed by atoms with Gasteiger partial charge in [0.15, 0.2) is 0 Å². The molecule has 1 aromatic carbocycles. The van der Waals surface area contributed by atoms with E-state index in [4.69, 9.17) is 0 Å². The molecule has 1 aromatic rings. The van der Waals surface area contributed by atoms with Gasteiger partial charge in [-0.2, -0.15) is 0 Å². The Morgan fingerprint density at radius 1 is 1.55 bits per heavy atom. The van der Waals surface area contributed by atoms with Crippen LogP contribution in [0.3, 0.4) is 0 Å². The number of hydrogen-bond donors (Lipinski definition) is 1. The molecule has 0 bridgehead atoms. The Kier molecular flexibility index (Phi) is 4.34. The molecule has 1 amide bonds. The lowest BCUT2D eigenvalue weighted by Crippen LogP contribution is -2.36. The average Bonchev–Trinajstić information content (AvgIpc) is 2.76. The zero-order chi connectivity index (χ0) is 14.7. The number of benzene rings is 1. The standard InChI is InChI=1S/C14H17FN2O3/c1-17-6-5-12(13(17)18)16-8-9-3-4-10(11(15)7-9)14(19)20-2/h3-4,7,12,16H,5-6,8H2,1-2H3. The van der Waals surface area contributed by atoms with Gasteiger partial charge in [0, 0.05) is 20.1 Å². The number of amides is 1. The number of carbonyl (C=O) groups is 2. The zero-order valence-electron chi connectivity index (χ0n) is 11.5. The molecule has 0 radical (unpaired) electrons. The number of likely N-dealkylation sites (tertiary alicyclic amines) is 1. The largest absolute Gasteiger partial charge is 0.465 e. The van der Waals surface area contributed by atoms with E-state index in [2.05, 4.69) is 10.1 Å². The first kappa shape index (κ1) is 14.5. The fourth-order valence-corrected chi connectivity index (χ4v) is 2.20. The van der Waals surface area contributed by atoms with Crippen LogP contribution in [0.5, 0.6) is 0 Å². The van der Waals surface area contributed by atoms with E-state index in [-0.39, 0.29) is 17.5 Å². The van der Waals surface area contributed by atoms with Crippen LogP contribution in [-0.4, -0.2) is 43.5 Å². The molecule has 1 heterocycles. The minimum atomic E-state index is -0.699. The van der Waals surface area contributed by atoms with Crippen molar-refractivity contribution in [3.63, 3.8) is 0 Å². The van der Waals surface area contributed by atoms with Crippen molar-refractivity contribution < 1.29 is 18.7 Å². The first-order chi connectivity index (χ1) is 9.52. The Labute approximate surface area is 116 Å². The number of esters is 1. The maximum absolute atomic E-state index is 13.7. The second-order valence-corrected chi connectivity index (χ2v) is 4.79. The maximum Gasteiger partial charge on any atom is 0.340 e. The van der Waals surface area contributed by atoms with E-state index in [9.17, 15) is 14.0 Å². The van der Waals surface area contributed by atoms with Gasteiger partial charge in [-0.1, -0.05) is 6.07 Å². The third kappa shape index (κ3) is 2.96. The molecule has 2 rings (SSSR count). The molecule has 6 heteroatoms. The van der Waals surface area contributed by atoms with E-state index in [1.807, 2.05) is 0 Å². The minimum Gasteiger partial charge on any atom is -0.465 e. The van der Waals surface area contributed by atoms with E-state index in [1.54, 1.807) is 18.0 Å². The quantitative estimate of drug-likeness (QED) is 0.834. The molecule has 0 aromatic heterocycles. The normalized spacial score (nSPS) is 18.4. The van der Waals surface area contributed by atoms with Gasteiger partial charge in [-0.05, 0) is 24.1 Å². The molecule has 1 saturated heterocycles. The number of ether oxygens (including phenoxy) is 1. The van der Waals surface area contributed by atoms with Crippen molar-refractivity contribution in [2.45, 2.75) is 19.0 Å². The van der Waals surface area contributed by atoms with Gasteiger partial charge in [0.2, 0.25) is 5.91 Å². The Morgan fingerprint density at radius 3 is 2.85 bits per heavy atom. The highest BCUT2D eigenvalue weighted by atomic mass is 19.1. The number of carbonyl (C=O) groups excluding carboxylic acids is 2. The maximum atomic E-state index is 13.7. The zero-order valence-corrected chi connectivity index (χ0v) is 11.5. The second kappa shape index (κ2) is 6.00. The van der Waals surface area contributed by atoms with Crippen molar-refractivity contribution in [3.05, 3.63) is 35.1 Å². The molecule has 20 heavy (non-hydrogen) atoms. The van der Waals surface area contributed by atoms with E-state index >= 15 is 0 Å². The van der Waals surface area contributed by atoms with Crippen molar-refractivity contribution in [1.82, 2.24) is 10.2 Å². The Bertz CT molecular complexity index is 533. The Morgan fingerprint density at radius 2 is 2.30 bits per heavy atom. The molecule has 0 aliphatic carbocycles. The van der Waals surface area contributed by atoms with Crippen LogP contribution in [0.2, 0.25) is 0 Å². The number of nitrogens with zero attached hydrogens (tertiary/aromatic N) is 1. The van der Waals surface area contributed by atoms with Crippen LogP contribution in [0.4, 0.5) is 4.39 Å². The molecule has 1 atom stereocenters. The first-order valence-corrected chi connectivity index (χ1v) is 6.38. The molecule has 0 saturated carbocycles. The highest BCUT2D eigenvalue weighted by molar-refractivity contribution is 5.89. The molecule has 108 valence electrons. The molecule has 5 nitrogen and oxygen atoms in total. The van der Waals surface area contributed by atoms with Crippen LogP contribution < -0.4 is 5.32 Å². The summed E-state index contributed by atoms with van der Waals surface area (Å²) in [7, 11) is 2.97. The fourth-order valence-electron chi connectivity index (χ4n) is 2.20. The van der Waals surface area contributed by atoms with Crippen LogP contribution >= 0.6 is 0 Å². The summed E-state index contributed by atoms with van der Waals surface area (Å²) in [5.74, 6) is -1.27. The van der Waals surface area contributed by atoms with Gasteiger partial charge in [-0.15, -0.1) is 0 Å². The van der Waals surface area contributed by atoms with Crippen molar-refractivity contribution in [2.24, 2.45) is 0 Å². The number of rotatable bonds is 4. The van der Waals surface area contributed by atoms with Crippen molar-refractivity contribution in [2.75, 3.05) is 20.7 Å².